The van der Waals surface area contributed by atoms with Gasteiger partial charge in [0.25, 0.3) is 0 Å². The highest BCUT2D eigenvalue weighted by atomic mass is 35.5. The molecule has 2 rings (SSSR count). The summed E-state index contributed by atoms with van der Waals surface area (Å²) < 4.78 is 10.5. The van der Waals surface area contributed by atoms with Crippen LogP contribution in [0.5, 0.6) is 0 Å². The van der Waals surface area contributed by atoms with E-state index in [2.05, 4.69) is 0 Å². The Kier molecular flexibility index (Phi) is 3.86. The van der Waals surface area contributed by atoms with Crippen LogP contribution < -0.4 is 0 Å². The molecule has 1 atom stereocenters. The molecule has 0 nitrogen and oxygen atoms in total. The van der Waals surface area contributed by atoms with Crippen molar-refractivity contribution in [3.8, 4) is 0 Å². The Hall–Kier alpha value is 0.340. The van der Waals surface area contributed by atoms with E-state index in [4.69, 9.17) is 58.0 Å². The van der Waals surface area contributed by atoms with Crippen molar-refractivity contribution in [2.45, 2.75) is 20.2 Å². The van der Waals surface area contributed by atoms with E-state index in [9.17, 15) is 4.39 Å². The number of hydrogen-bond donors (Lipinski definition) is 0. The highest BCUT2D eigenvalue weighted by Gasteiger charge is 2.63. The van der Waals surface area contributed by atoms with Crippen LogP contribution in [0.3, 0.4) is 0 Å². The molecule has 98 valence electrons. The molecule has 6 heteroatoms. The zero-order valence-electron chi connectivity index (χ0n) is 8.94. The maximum atomic E-state index is 14.3. The quantitative estimate of drug-likeness (QED) is 0.569. The van der Waals surface area contributed by atoms with Gasteiger partial charge in [-0.05, 0) is 17.2 Å². The molecule has 0 spiro atoms. The zero-order chi connectivity index (χ0) is 13.6. The van der Waals surface area contributed by atoms with Crippen LogP contribution in [0.1, 0.15) is 12.0 Å². The van der Waals surface area contributed by atoms with Crippen molar-refractivity contribution in [1.82, 2.24) is 0 Å². The molecule has 0 fully saturated rings. The SMILES string of the molecule is FC1(Cl)C=C(c2ccccc2)CC(Cl)(Cl)C1(Cl)Cl. The van der Waals surface area contributed by atoms with Crippen LogP contribution in [0.15, 0.2) is 36.4 Å². The number of benzene rings is 1. The van der Waals surface area contributed by atoms with Crippen LogP contribution in [0.4, 0.5) is 4.39 Å². The zero-order valence-corrected chi connectivity index (χ0v) is 12.7. The van der Waals surface area contributed by atoms with E-state index < -0.39 is 13.8 Å². The Morgan fingerprint density at radius 2 is 1.50 bits per heavy atom. The molecule has 0 N–H and O–H groups in total. The van der Waals surface area contributed by atoms with E-state index in [1.807, 2.05) is 18.2 Å². The molecule has 0 amide bonds. The van der Waals surface area contributed by atoms with Crippen LogP contribution >= 0.6 is 58.0 Å². The van der Waals surface area contributed by atoms with Crippen molar-refractivity contribution in [2.75, 3.05) is 0 Å². The Morgan fingerprint density at radius 3 is 2.00 bits per heavy atom. The van der Waals surface area contributed by atoms with Gasteiger partial charge in [-0.2, -0.15) is 0 Å². The molecule has 1 unspecified atom stereocenters. The number of allylic oxidation sites excluding steroid dienone is 2. The van der Waals surface area contributed by atoms with Crippen LogP contribution in [0.25, 0.3) is 5.57 Å². The standard InChI is InChI=1S/C12H8Cl5F/c13-10(14)6-9(8-4-2-1-3-5-8)7-11(15,18)12(10,16)17/h1-5,7H,6H2. The van der Waals surface area contributed by atoms with Gasteiger partial charge in [-0.3, -0.25) is 0 Å². The van der Waals surface area contributed by atoms with Crippen molar-refractivity contribution in [1.29, 1.82) is 0 Å². The predicted octanol–water partition coefficient (Wildman–Crippen LogP) is 5.73. The Balaban J connectivity index is 2.51. The Bertz CT molecular complexity index is 479. The van der Waals surface area contributed by atoms with Crippen LogP contribution in [-0.2, 0) is 0 Å². The second kappa shape index (κ2) is 4.71. The van der Waals surface area contributed by atoms with E-state index in [-0.39, 0.29) is 6.42 Å². The van der Waals surface area contributed by atoms with Crippen LogP contribution in [-0.4, -0.2) is 13.8 Å². The lowest BCUT2D eigenvalue weighted by Gasteiger charge is -2.42. The van der Waals surface area contributed by atoms with Gasteiger partial charge in [-0.1, -0.05) is 88.3 Å². The second-order valence-corrected chi connectivity index (χ2v) is 7.48. The molecule has 0 saturated carbocycles. The summed E-state index contributed by atoms with van der Waals surface area (Å²) in [6.45, 7) is 0. The summed E-state index contributed by atoms with van der Waals surface area (Å²) in [6, 6.07) is 9.09. The molecular formula is C12H8Cl5F. The topological polar surface area (TPSA) is 0 Å². The monoisotopic (exact) mass is 346 g/mol. The van der Waals surface area contributed by atoms with Gasteiger partial charge in [0.2, 0.25) is 9.46 Å². The van der Waals surface area contributed by atoms with Crippen LogP contribution in [0.2, 0.25) is 0 Å². The molecule has 0 bridgehead atoms. The molecule has 0 heterocycles. The third-order valence-electron chi connectivity index (χ3n) is 2.79. The van der Waals surface area contributed by atoms with E-state index in [1.54, 1.807) is 12.1 Å². The maximum Gasteiger partial charge on any atom is 0.238 e. The van der Waals surface area contributed by atoms with Crippen molar-refractivity contribution in [3.05, 3.63) is 42.0 Å². The third-order valence-corrected chi connectivity index (χ3v) is 5.79. The van der Waals surface area contributed by atoms with Crippen molar-refractivity contribution in [3.63, 3.8) is 0 Å². The summed E-state index contributed by atoms with van der Waals surface area (Å²) in [5.74, 6) is 0. The first-order chi connectivity index (χ1) is 8.17. The third kappa shape index (κ3) is 2.36. The lowest BCUT2D eigenvalue weighted by atomic mass is 9.91. The van der Waals surface area contributed by atoms with Gasteiger partial charge in [0, 0.05) is 6.42 Å². The van der Waals surface area contributed by atoms with Gasteiger partial charge in [0.1, 0.15) is 0 Å². The fourth-order valence-corrected chi connectivity index (χ4v) is 2.99. The first kappa shape index (κ1) is 14.7. The molecule has 1 aromatic rings. The van der Waals surface area contributed by atoms with E-state index in [0.717, 1.165) is 11.6 Å². The van der Waals surface area contributed by atoms with Gasteiger partial charge < -0.3 is 0 Å². The highest BCUT2D eigenvalue weighted by molar-refractivity contribution is 6.65. The Labute approximate surface area is 130 Å². The molecule has 0 aliphatic heterocycles. The van der Waals surface area contributed by atoms with Gasteiger partial charge in [-0.25, -0.2) is 4.39 Å². The van der Waals surface area contributed by atoms with Gasteiger partial charge in [0.05, 0.1) is 0 Å². The fourth-order valence-electron chi connectivity index (χ4n) is 1.79. The number of halogens is 6. The first-order valence-electron chi connectivity index (χ1n) is 5.08. The van der Waals surface area contributed by atoms with Gasteiger partial charge >= 0.3 is 0 Å². The summed E-state index contributed by atoms with van der Waals surface area (Å²) in [7, 11) is 0. The minimum atomic E-state index is -2.54. The molecule has 0 aromatic heterocycles. The molecular weight excluding hydrogens is 340 g/mol. The average Bonchev–Trinajstić information content (AvgIpc) is 2.27. The summed E-state index contributed by atoms with van der Waals surface area (Å²) in [6.07, 6.45) is 1.26. The summed E-state index contributed by atoms with van der Waals surface area (Å²) >= 11 is 29.5. The predicted molar refractivity (Wildman–Crippen MR) is 77.6 cm³/mol. The maximum absolute atomic E-state index is 14.3. The largest absolute Gasteiger partial charge is 0.238 e. The number of rotatable bonds is 1. The van der Waals surface area contributed by atoms with Crippen LogP contribution in [0, 0.1) is 0 Å². The smallest absolute Gasteiger partial charge is 0.218 e. The minimum absolute atomic E-state index is 0.103. The number of hydrogen-bond acceptors (Lipinski definition) is 0. The van der Waals surface area contributed by atoms with Crippen molar-refractivity contribution in [2.24, 2.45) is 0 Å². The molecule has 1 aromatic carbocycles. The van der Waals surface area contributed by atoms with E-state index in [0.29, 0.717) is 5.57 Å². The average molecular weight is 348 g/mol. The first-order valence-corrected chi connectivity index (χ1v) is 6.97. The summed E-state index contributed by atoms with van der Waals surface area (Å²) in [5.41, 5.74) is 1.34. The second-order valence-electron chi connectivity index (χ2n) is 4.11. The lowest BCUT2D eigenvalue weighted by molar-refractivity contribution is 0.288. The Morgan fingerprint density at radius 1 is 0.944 bits per heavy atom. The summed E-state index contributed by atoms with van der Waals surface area (Å²) in [4.78, 5) is 0. The molecule has 1 aliphatic rings. The highest BCUT2D eigenvalue weighted by Crippen LogP contribution is 2.60. The van der Waals surface area contributed by atoms with Crippen molar-refractivity contribution >= 4 is 63.6 Å². The van der Waals surface area contributed by atoms with E-state index >= 15 is 0 Å². The fraction of sp³-hybridized carbons (Fsp3) is 0.333. The van der Waals surface area contributed by atoms with Crippen molar-refractivity contribution < 1.29 is 4.39 Å². The molecule has 18 heavy (non-hydrogen) atoms. The molecule has 0 saturated heterocycles. The lowest BCUT2D eigenvalue weighted by Crippen LogP contribution is -2.52. The van der Waals surface area contributed by atoms with Gasteiger partial charge in [-0.15, -0.1) is 0 Å². The summed E-state index contributed by atoms with van der Waals surface area (Å²) in [5, 5.41) is -2.54. The molecule has 1 aliphatic carbocycles. The minimum Gasteiger partial charge on any atom is -0.218 e. The number of alkyl halides is 6. The molecule has 0 radical (unpaired) electrons. The van der Waals surface area contributed by atoms with E-state index in [1.165, 1.54) is 0 Å². The normalized spacial score (nSPS) is 29.8. The van der Waals surface area contributed by atoms with Gasteiger partial charge in [0.15, 0.2) is 4.33 Å².